The Kier molecular flexibility index (Phi) is 5.74. The third-order valence-corrected chi connectivity index (χ3v) is 6.56. The van der Waals surface area contributed by atoms with Gasteiger partial charge in [-0.05, 0) is 78.6 Å². The number of hydrogen-bond acceptors (Lipinski definition) is 3. The molecule has 2 aliphatic rings. The lowest BCUT2D eigenvalue weighted by molar-refractivity contribution is -0.274. The Balaban J connectivity index is 1.29. The molecule has 4 nitrogen and oxygen atoms in total. The number of H-pyrrole nitrogens is 1. The van der Waals surface area contributed by atoms with Crippen LogP contribution < -0.4 is 10.3 Å². The van der Waals surface area contributed by atoms with E-state index in [4.69, 9.17) is 0 Å². The first-order valence-electron chi connectivity index (χ1n) is 11.3. The van der Waals surface area contributed by atoms with Crippen LogP contribution in [0.25, 0.3) is 16.5 Å². The number of pyridine rings is 1. The van der Waals surface area contributed by atoms with E-state index in [0.717, 1.165) is 79.3 Å². The molecular formula is C26H25F3N2O2. The summed E-state index contributed by atoms with van der Waals surface area (Å²) in [7, 11) is 0. The molecule has 3 aromatic rings. The Labute approximate surface area is 189 Å². The average Bonchev–Trinajstić information content (AvgIpc) is 2.80. The summed E-state index contributed by atoms with van der Waals surface area (Å²) in [6.45, 7) is 2.46. The topological polar surface area (TPSA) is 45.3 Å². The van der Waals surface area contributed by atoms with Gasteiger partial charge in [0.1, 0.15) is 5.75 Å². The molecular weight excluding hydrogens is 429 g/mol. The van der Waals surface area contributed by atoms with Crippen LogP contribution in [0, 0.1) is 0 Å². The van der Waals surface area contributed by atoms with Gasteiger partial charge in [0.25, 0.3) is 5.56 Å². The zero-order valence-electron chi connectivity index (χ0n) is 18.2. The summed E-state index contributed by atoms with van der Waals surface area (Å²) in [5, 5.41) is 1.16. The Morgan fingerprint density at radius 2 is 1.73 bits per heavy atom. The molecule has 5 rings (SSSR count). The number of aromatic nitrogens is 1. The minimum atomic E-state index is -4.68. The van der Waals surface area contributed by atoms with Gasteiger partial charge < -0.3 is 9.72 Å². The third-order valence-electron chi connectivity index (χ3n) is 6.56. The monoisotopic (exact) mass is 454 g/mol. The number of halogens is 3. The van der Waals surface area contributed by atoms with Gasteiger partial charge in [-0.2, -0.15) is 0 Å². The zero-order chi connectivity index (χ0) is 23.0. The highest BCUT2D eigenvalue weighted by Crippen LogP contribution is 2.29. The van der Waals surface area contributed by atoms with Crippen LogP contribution in [0.1, 0.15) is 41.5 Å². The number of nitrogens with one attached hydrogen (secondary N) is 1. The summed E-state index contributed by atoms with van der Waals surface area (Å²) in [5.74, 6) is -0.205. The largest absolute Gasteiger partial charge is 0.573 e. The van der Waals surface area contributed by atoms with E-state index < -0.39 is 6.36 Å². The highest BCUT2D eigenvalue weighted by molar-refractivity contribution is 5.84. The Morgan fingerprint density at radius 1 is 0.970 bits per heavy atom. The molecule has 2 heterocycles. The van der Waals surface area contributed by atoms with Crippen LogP contribution in [0.4, 0.5) is 13.2 Å². The van der Waals surface area contributed by atoms with Gasteiger partial charge >= 0.3 is 6.36 Å². The van der Waals surface area contributed by atoms with E-state index in [-0.39, 0.29) is 11.3 Å². The van der Waals surface area contributed by atoms with Gasteiger partial charge in [0.15, 0.2) is 0 Å². The smallest absolute Gasteiger partial charge is 0.406 e. The van der Waals surface area contributed by atoms with Crippen LogP contribution in [0.5, 0.6) is 5.75 Å². The van der Waals surface area contributed by atoms with Crippen molar-refractivity contribution >= 4 is 16.5 Å². The molecule has 1 N–H and O–H groups in total. The minimum absolute atomic E-state index is 0.0525. The SMILES string of the molecule is O=c1[nH]c2ccc(CN3CC=C(c4ccc(OC(F)(F)F)cc4)CC3)cc2c2c1CCCC2. The summed E-state index contributed by atoms with van der Waals surface area (Å²) in [5.41, 5.74) is 6.39. The number of rotatable bonds is 4. The fourth-order valence-corrected chi connectivity index (χ4v) is 4.95. The third kappa shape index (κ3) is 4.83. The summed E-state index contributed by atoms with van der Waals surface area (Å²) in [4.78, 5) is 17.8. The van der Waals surface area contributed by atoms with E-state index in [2.05, 4.69) is 32.8 Å². The van der Waals surface area contributed by atoms with Gasteiger partial charge in [0, 0.05) is 36.1 Å². The molecule has 0 saturated heterocycles. The molecule has 7 heteroatoms. The van der Waals surface area contributed by atoms with E-state index in [0.29, 0.717) is 0 Å². The predicted molar refractivity (Wildman–Crippen MR) is 122 cm³/mol. The van der Waals surface area contributed by atoms with E-state index in [9.17, 15) is 18.0 Å². The van der Waals surface area contributed by atoms with E-state index >= 15 is 0 Å². The zero-order valence-corrected chi connectivity index (χ0v) is 18.2. The van der Waals surface area contributed by atoms with Crippen molar-refractivity contribution < 1.29 is 17.9 Å². The van der Waals surface area contributed by atoms with Crippen molar-refractivity contribution in [2.24, 2.45) is 0 Å². The summed E-state index contributed by atoms with van der Waals surface area (Å²) >= 11 is 0. The number of nitrogens with zero attached hydrogens (tertiary/aromatic N) is 1. The molecule has 0 fully saturated rings. The molecule has 0 radical (unpaired) electrons. The normalized spacial score (nSPS) is 17.0. The van der Waals surface area contributed by atoms with Crippen molar-refractivity contribution in [1.29, 1.82) is 0 Å². The summed E-state index contributed by atoms with van der Waals surface area (Å²) in [6, 6.07) is 12.4. The number of fused-ring (bicyclic) bond motifs is 3. The van der Waals surface area contributed by atoms with Gasteiger partial charge in [-0.3, -0.25) is 9.69 Å². The molecule has 33 heavy (non-hydrogen) atoms. The molecule has 0 saturated carbocycles. The number of aryl methyl sites for hydroxylation is 1. The summed E-state index contributed by atoms with van der Waals surface area (Å²) < 4.78 is 41.0. The standard InChI is InChI=1S/C26H25F3N2O2/c27-26(28,29)33-20-8-6-18(7-9-20)19-11-13-31(14-12-19)16-17-5-10-24-23(15-17)21-3-1-2-4-22(21)25(32)30-24/h5-11,15H,1-4,12-14,16H2,(H,30,32). The van der Waals surface area contributed by atoms with Crippen molar-refractivity contribution in [2.45, 2.75) is 45.0 Å². The van der Waals surface area contributed by atoms with Gasteiger partial charge in [-0.25, -0.2) is 0 Å². The van der Waals surface area contributed by atoms with Crippen molar-refractivity contribution in [3.8, 4) is 5.75 Å². The second kappa shape index (κ2) is 8.71. The lowest BCUT2D eigenvalue weighted by Gasteiger charge is -2.27. The van der Waals surface area contributed by atoms with Crippen LogP contribution in [0.15, 0.2) is 53.3 Å². The van der Waals surface area contributed by atoms with Crippen LogP contribution in [-0.4, -0.2) is 29.3 Å². The first kappa shape index (κ1) is 21.8. The molecule has 1 aromatic heterocycles. The van der Waals surface area contributed by atoms with Crippen molar-refractivity contribution in [3.63, 3.8) is 0 Å². The molecule has 0 atom stereocenters. The molecule has 0 amide bonds. The molecule has 1 aliphatic carbocycles. The quantitative estimate of drug-likeness (QED) is 0.559. The van der Waals surface area contributed by atoms with Gasteiger partial charge in [-0.1, -0.05) is 24.3 Å². The Morgan fingerprint density at radius 3 is 2.42 bits per heavy atom. The second-order valence-corrected chi connectivity index (χ2v) is 8.78. The van der Waals surface area contributed by atoms with Crippen molar-refractivity contribution in [2.75, 3.05) is 13.1 Å². The first-order chi connectivity index (χ1) is 15.9. The predicted octanol–water partition coefficient (Wildman–Crippen LogP) is 5.59. The number of aromatic amines is 1. The molecule has 2 aromatic carbocycles. The molecule has 0 spiro atoms. The maximum Gasteiger partial charge on any atom is 0.573 e. The van der Waals surface area contributed by atoms with Crippen molar-refractivity contribution in [1.82, 2.24) is 9.88 Å². The fraction of sp³-hybridized carbons (Fsp3) is 0.346. The molecule has 172 valence electrons. The Bertz CT molecular complexity index is 1260. The first-order valence-corrected chi connectivity index (χ1v) is 11.3. The van der Waals surface area contributed by atoms with E-state index in [1.165, 1.54) is 23.3 Å². The maximum absolute atomic E-state index is 12.4. The average molecular weight is 454 g/mol. The Hall–Kier alpha value is -3.06. The highest BCUT2D eigenvalue weighted by Gasteiger charge is 2.31. The maximum atomic E-state index is 12.4. The van der Waals surface area contributed by atoms with E-state index in [1.807, 2.05) is 6.07 Å². The molecule has 1 aliphatic heterocycles. The van der Waals surface area contributed by atoms with Gasteiger partial charge in [-0.15, -0.1) is 13.2 Å². The van der Waals surface area contributed by atoms with Crippen LogP contribution >= 0.6 is 0 Å². The lowest BCUT2D eigenvalue weighted by atomic mass is 9.89. The number of hydrogen-bond donors (Lipinski definition) is 1. The van der Waals surface area contributed by atoms with Gasteiger partial charge in [0.2, 0.25) is 0 Å². The molecule has 0 unspecified atom stereocenters. The number of alkyl halides is 3. The highest BCUT2D eigenvalue weighted by atomic mass is 19.4. The number of ether oxygens (including phenoxy) is 1. The van der Waals surface area contributed by atoms with Gasteiger partial charge in [0.05, 0.1) is 0 Å². The fourth-order valence-electron chi connectivity index (χ4n) is 4.95. The minimum Gasteiger partial charge on any atom is -0.406 e. The van der Waals surface area contributed by atoms with Crippen LogP contribution in [0.3, 0.4) is 0 Å². The van der Waals surface area contributed by atoms with Crippen molar-refractivity contribution in [3.05, 3.63) is 81.1 Å². The molecule has 0 bridgehead atoms. The number of benzene rings is 2. The van der Waals surface area contributed by atoms with Crippen LogP contribution in [0.2, 0.25) is 0 Å². The summed E-state index contributed by atoms with van der Waals surface area (Å²) in [6.07, 6.45) is 2.30. The van der Waals surface area contributed by atoms with E-state index in [1.54, 1.807) is 12.1 Å². The lowest BCUT2D eigenvalue weighted by Crippen LogP contribution is -2.28. The second-order valence-electron chi connectivity index (χ2n) is 8.78. The van der Waals surface area contributed by atoms with Crippen LogP contribution in [-0.2, 0) is 19.4 Å².